The zero-order valence-electron chi connectivity index (χ0n) is 11.0. The summed E-state index contributed by atoms with van der Waals surface area (Å²) in [5.74, 6) is -0.131. The van der Waals surface area contributed by atoms with Crippen molar-refractivity contribution in [3.8, 4) is 0 Å². The standard InChI is InChI=1S/C15H19NO2/c1-3-12-6-5-7-13-8-10-16(15(12)13)11-9-14(17)18-4-2/h5-8,10H,3-4,9,11H2,1-2H3. The van der Waals surface area contributed by atoms with Gasteiger partial charge in [0, 0.05) is 12.7 Å². The third kappa shape index (κ3) is 2.55. The number of aryl methyl sites for hydroxylation is 2. The summed E-state index contributed by atoms with van der Waals surface area (Å²) in [6.45, 7) is 5.11. The lowest BCUT2D eigenvalue weighted by molar-refractivity contribution is -0.143. The number of hydrogen-bond acceptors (Lipinski definition) is 2. The van der Waals surface area contributed by atoms with E-state index < -0.39 is 0 Å². The molecule has 0 spiro atoms. The minimum atomic E-state index is -0.131. The summed E-state index contributed by atoms with van der Waals surface area (Å²) >= 11 is 0. The summed E-state index contributed by atoms with van der Waals surface area (Å²) < 4.78 is 7.10. The average Bonchev–Trinajstić information content (AvgIpc) is 2.80. The van der Waals surface area contributed by atoms with Crippen LogP contribution in [0.2, 0.25) is 0 Å². The molecule has 1 heterocycles. The second kappa shape index (κ2) is 5.71. The summed E-state index contributed by atoms with van der Waals surface area (Å²) in [4.78, 5) is 11.4. The van der Waals surface area contributed by atoms with Crippen molar-refractivity contribution in [3.63, 3.8) is 0 Å². The van der Waals surface area contributed by atoms with Crippen LogP contribution in [0.5, 0.6) is 0 Å². The van der Waals surface area contributed by atoms with Crippen molar-refractivity contribution >= 4 is 16.9 Å². The van der Waals surface area contributed by atoms with Crippen LogP contribution < -0.4 is 0 Å². The largest absolute Gasteiger partial charge is 0.466 e. The van der Waals surface area contributed by atoms with Crippen molar-refractivity contribution in [2.75, 3.05) is 6.61 Å². The van der Waals surface area contributed by atoms with Crippen molar-refractivity contribution in [2.45, 2.75) is 33.2 Å². The third-order valence-electron chi connectivity index (χ3n) is 3.12. The van der Waals surface area contributed by atoms with Gasteiger partial charge < -0.3 is 9.30 Å². The van der Waals surface area contributed by atoms with Gasteiger partial charge in [-0.15, -0.1) is 0 Å². The van der Waals surface area contributed by atoms with E-state index in [0.29, 0.717) is 19.6 Å². The van der Waals surface area contributed by atoms with Crippen LogP contribution in [0.4, 0.5) is 0 Å². The highest BCUT2D eigenvalue weighted by molar-refractivity contribution is 5.83. The zero-order chi connectivity index (χ0) is 13.0. The molecule has 1 aromatic carbocycles. The molecule has 0 radical (unpaired) electrons. The summed E-state index contributed by atoms with van der Waals surface area (Å²) in [5, 5.41) is 1.23. The van der Waals surface area contributed by atoms with Crippen molar-refractivity contribution in [2.24, 2.45) is 0 Å². The molecule has 2 rings (SSSR count). The maximum Gasteiger partial charge on any atom is 0.307 e. The van der Waals surface area contributed by atoms with Crippen molar-refractivity contribution in [1.29, 1.82) is 0 Å². The molecule has 0 bridgehead atoms. The molecule has 3 nitrogen and oxygen atoms in total. The normalized spacial score (nSPS) is 10.8. The van der Waals surface area contributed by atoms with E-state index >= 15 is 0 Å². The zero-order valence-corrected chi connectivity index (χ0v) is 11.0. The monoisotopic (exact) mass is 245 g/mol. The van der Waals surface area contributed by atoms with Crippen LogP contribution in [-0.2, 0) is 22.5 Å². The molecular formula is C15H19NO2. The first-order chi connectivity index (χ1) is 8.76. The number of hydrogen-bond donors (Lipinski definition) is 0. The van der Waals surface area contributed by atoms with Crippen LogP contribution in [0, 0.1) is 0 Å². The Bertz CT molecular complexity index is 542. The van der Waals surface area contributed by atoms with E-state index in [0.717, 1.165) is 6.42 Å². The predicted molar refractivity (Wildman–Crippen MR) is 72.6 cm³/mol. The van der Waals surface area contributed by atoms with Crippen molar-refractivity contribution < 1.29 is 9.53 Å². The first kappa shape index (κ1) is 12.7. The number of rotatable bonds is 5. The minimum absolute atomic E-state index is 0.131. The molecule has 0 saturated heterocycles. The Morgan fingerprint density at radius 3 is 2.83 bits per heavy atom. The molecular weight excluding hydrogens is 226 g/mol. The van der Waals surface area contributed by atoms with Gasteiger partial charge in [0.25, 0.3) is 0 Å². The van der Waals surface area contributed by atoms with E-state index in [1.807, 2.05) is 13.1 Å². The van der Waals surface area contributed by atoms with Crippen LogP contribution in [0.25, 0.3) is 10.9 Å². The molecule has 1 aromatic heterocycles. The van der Waals surface area contributed by atoms with E-state index in [1.54, 1.807) is 0 Å². The smallest absolute Gasteiger partial charge is 0.307 e. The Balaban J connectivity index is 2.20. The number of carbonyl (C=O) groups is 1. The molecule has 2 aromatic rings. The third-order valence-corrected chi connectivity index (χ3v) is 3.12. The number of aromatic nitrogens is 1. The van der Waals surface area contributed by atoms with Crippen molar-refractivity contribution in [1.82, 2.24) is 4.57 Å². The highest BCUT2D eigenvalue weighted by atomic mass is 16.5. The molecule has 0 N–H and O–H groups in total. The summed E-state index contributed by atoms with van der Waals surface area (Å²) in [5.41, 5.74) is 2.56. The van der Waals surface area contributed by atoms with E-state index in [2.05, 4.69) is 35.8 Å². The summed E-state index contributed by atoms with van der Waals surface area (Å²) in [6.07, 6.45) is 3.47. The SMILES string of the molecule is CCOC(=O)CCn1ccc2cccc(CC)c21. The molecule has 0 unspecified atom stereocenters. The van der Waals surface area contributed by atoms with Gasteiger partial charge in [-0.2, -0.15) is 0 Å². The number of benzene rings is 1. The molecule has 96 valence electrons. The van der Waals surface area contributed by atoms with Crippen LogP contribution in [0.15, 0.2) is 30.5 Å². The molecule has 18 heavy (non-hydrogen) atoms. The number of esters is 1. The summed E-state index contributed by atoms with van der Waals surface area (Å²) in [7, 11) is 0. The Hall–Kier alpha value is -1.77. The lowest BCUT2D eigenvalue weighted by Gasteiger charge is -2.08. The highest BCUT2D eigenvalue weighted by Gasteiger charge is 2.07. The van der Waals surface area contributed by atoms with Crippen molar-refractivity contribution in [3.05, 3.63) is 36.0 Å². The number of carbonyl (C=O) groups excluding carboxylic acids is 1. The van der Waals surface area contributed by atoms with Crippen LogP contribution in [0.1, 0.15) is 25.8 Å². The maximum atomic E-state index is 11.4. The average molecular weight is 245 g/mol. The Kier molecular flexibility index (Phi) is 4.03. The molecule has 0 atom stereocenters. The van der Waals surface area contributed by atoms with E-state index in [4.69, 9.17) is 4.74 Å². The molecule has 0 amide bonds. The van der Waals surface area contributed by atoms with Gasteiger partial charge in [0.1, 0.15) is 0 Å². The fourth-order valence-corrected chi connectivity index (χ4v) is 2.26. The molecule has 0 aliphatic carbocycles. The lowest BCUT2D eigenvalue weighted by atomic mass is 10.1. The lowest BCUT2D eigenvalue weighted by Crippen LogP contribution is -2.08. The van der Waals surface area contributed by atoms with Crippen LogP contribution in [-0.4, -0.2) is 17.1 Å². The Labute approximate surface area is 107 Å². The van der Waals surface area contributed by atoms with Gasteiger partial charge in [0.15, 0.2) is 0 Å². The number of ether oxygens (including phenoxy) is 1. The predicted octanol–water partition coefficient (Wildman–Crippen LogP) is 3.16. The van der Waals surface area contributed by atoms with Gasteiger partial charge >= 0.3 is 5.97 Å². The van der Waals surface area contributed by atoms with Gasteiger partial charge in [-0.05, 0) is 30.4 Å². The first-order valence-corrected chi connectivity index (χ1v) is 6.48. The summed E-state index contributed by atoms with van der Waals surface area (Å²) in [6, 6.07) is 8.43. The molecule has 0 aliphatic rings. The van der Waals surface area contributed by atoms with Gasteiger partial charge in [-0.25, -0.2) is 0 Å². The van der Waals surface area contributed by atoms with E-state index in [9.17, 15) is 4.79 Å². The second-order valence-electron chi connectivity index (χ2n) is 4.27. The molecule has 3 heteroatoms. The van der Waals surface area contributed by atoms with Crippen LogP contribution in [0.3, 0.4) is 0 Å². The van der Waals surface area contributed by atoms with Crippen LogP contribution >= 0.6 is 0 Å². The fraction of sp³-hybridized carbons (Fsp3) is 0.400. The number of para-hydroxylation sites is 1. The molecule has 0 fully saturated rings. The molecule has 0 aliphatic heterocycles. The van der Waals surface area contributed by atoms with Gasteiger partial charge in [0.2, 0.25) is 0 Å². The van der Waals surface area contributed by atoms with E-state index in [1.165, 1.54) is 16.5 Å². The highest BCUT2D eigenvalue weighted by Crippen LogP contribution is 2.21. The van der Waals surface area contributed by atoms with Gasteiger partial charge in [0.05, 0.1) is 18.5 Å². The molecule has 0 saturated carbocycles. The minimum Gasteiger partial charge on any atom is -0.466 e. The second-order valence-corrected chi connectivity index (χ2v) is 4.27. The number of fused-ring (bicyclic) bond motifs is 1. The topological polar surface area (TPSA) is 31.2 Å². The van der Waals surface area contributed by atoms with Gasteiger partial charge in [-0.1, -0.05) is 25.1 Å². The maximum absolute atomic E-state index is 11.4. The Morgan fingerprint density at radius 1 is 1.28 bits per heavy atom. The van der Waals surface area contributed by atoms with E-state index in [-0.39, 0.29) is 5.97 Å². The first-order valence-electron chi connectivity index (χ1n) is 6.48. The quantitative estimate of drug-likeness (QED) is 0.758. The van der Waals surface area contributed by atoms with Gasteiger partial charge in [-0.3, -0.25) is 4.79 Å². The fourth-order valence-electron chi connectivity index (χ4n) is 2.26. The number of nitrogens with zero attached hydrogens (tertiary/aromatic N) is 1. The Morgan fingerprint density at radius 2 is 2.11 bits per heavy atom.